The van der Waals surface area contributed by atoms with Crippen molar-refractivity contribution in [2.75, 3.05) is 25.0 Å². The topological polar surface area (TPSA) is 70.2 Å². The van der Waals surface area contributed by atoms with E-state index in [1.165, 1.54) is 12.8 Å². The van der Waals surface area contributed by atoms with Gasteiger partial charge in [-0.3, -0.25) is 9.59 Å². The smallest absolute Gasteiger partial charge is 0.233 e. The summed E-state index contributed by atoms with van der Waals surface area (Å²) in [6.07, 6.45) is 2.76. The van der Waals surface area contributed by atoms with E-state index in [4.69, 9.17) is 11.6 Å². The van der Waals surface area contributed by atoms with E-state index in [0.29, 0.717) is 23.8 Å². The van der Waals surface area contributed by atoms with Crippen LogP contribution in [0.2, 0.25) is 5.02 Å². The third-order valence-electron chi connectivity index (χ3n) is 3.63. The van der Waals surface area contributed by atoms with E-state index in [1.54, 1.807) is 18.2 Å². The lowest BCUT2D eigenvalue weighted by Gasteiger charge is -2.10. The SMILES string of the molecule is Cc1c(Cl)cccc1NC(=O)CCNC(=O)CNCC1CC1.Cl. The molecule has 0 atom stereocenters. The molecule has 7 heteroatoms. The molecule has 2 amide bonds. The van der Waals surface area contributed by atoms with E-state index in [2.05, 4.69) is 16.0 Å². The molecule has 1 aliphatic rings. The lowest BCUT2D eigenvalue weighted by Crippen LogP contribution is -2.36. The highest BCUT2D eigenvalue weighted by molar-refractivity contribution is 6.31. The van der Waals surface area contributed by atoms with Gasteiger partial charge in [0.1, 0.15) is 0 Å². The fourth-order valence-electron chi connectivity index (χ4n) is 2.05. The van der Waals surface area contributed by atoms with E-state index in [-0.39, 0.29) is 30.6 Å². The Labute approximate surface area is 148 Å². The van der Waals surface area contributed by atoms with Crippen LogP contribution < -0.4 is 16.0 Å². The van der Waals surface area contributed by atoms with Gasteiger partial charge in [-0.25, -0.2) is 0 Å². The fourth-order valence-corrected chi connectivity index (χ4v) is 2.22. The summed E-state index contributed by atoms with van der Waals surface area (Å²) >= 11 is 6.00. The molecular weight excluding hydrogens is 337 g/mol. The second-order valence-electron chi connectivity index (χ2n) is 5.63. The van der Waals surface area contributed by atoms with Gasteiger partial charge in [0, 0.05) is 23.7 Å². The van der Waals surface area contributed by atoms with Crippen molar-refractivity contribution >= 4 is 41.5 Å². The van der Waals surface area contributed by atoms with Crippen LogP contribution in [0.5, 0.6) is 0 Å². The summed E-state index contributed by atoms with van der Waals surface area (Å²) in [6, 6.07) is 5.37. The van der Waals surface area contributed by atoms with Crippen molar-refractivity contribution in [1.29, 1.82) is 0 Å². The minimum Gasteiger partial charge on any atom is -0.354 e. The Kier molecular flexibility index (Phi) is 8.37. The second kappa shape index (κ2) is 9.75. The summed E-state index contributed by atoms with van der Waals surface area (Å²) in [6.45, 7) is 3.40. The zero-order chi connectivity index (χ0) is 15.9. The molecule has 0 unspecified atom stereocenters. The molecule has 0 aromatic heterocycles. The summed E-state index contributed by atoms with van der Waals surface area (Å²) in [5.74, 6) is 0.531. The van der Waals surface area contributed by atoms with Gasteiger partial charge in [-0.1, -0.05) is 17.7 Å². The Hall–Kier alpha value is -1.30. The summed E-state index contributed by atoms with van der Waals surface area (Å²) in [7, 11) is 0. The first-order chi connectivity index (χ1) is 10.6. The Bertz CT molecular complexity index is 548. The molecule has 1 saturated carbocycles. The number of hydrogen-bond acceptors (Lipinski definition) is 3. The van der Waals surface area contributed by atoms with Crippen LogP contribution in [0.4, 0.5) is 5.69 Å². The summed E-state index contributed by atoms with van der Waals surface area (Å²) in [4.78, 5) is 23.4. The molecule has 1 aliphatic carbocycles. The third-order valence-corrected chi connectivity index (χ3v) is 4.04. The number of amides is 2. The van der Waals surface area contributed by atoms with Gasteiger partial charge in [-0.2, -0.15) is 0 Å². The average molecular weight is 360 g/mol. The number of rotatable bonds is 8. The maximum absolute atomic E-state index is 11.8. The Balaban J connectivity index is 0.00000264. The zero-order valence-electron chi connectivity index (χ0n) is 13.2. The van der Waals surface area contributed by atoms with E-state index in [1.807, 2.05) is 6.92 Å². The van der Waals surface area contributed by atoms with Crippen molar-refractivity contribution < 1.29 is 9.59 Å². The predicted molar refractivity (Wildman–Crippen MR) is 95.3 cm³/mol. The minimum atomic E-state index is -0.142. The molecule has 0 saturated heterocycles. The standard InChI is InChI=1S/C16H22ClN3O2.ClH/c1-11-13(17)3-2-4-14(11)20-15(21)7-8-19-16(22)10-18-9-12-5-6-12;/h2-4,12,18H,5-10H2,1H3,(H,19,22)(H,20,21);1H. The molecule has 3 N–H and O–H groups in total. The average Bonchev–Trinajstić information content (AvgIpc) is 3.28. The lowest BCUT2D eigenvalue weighted by molar-refractivity contribution is -0.120. The number of benzene rings is 1. The van der Waals surface area contributed by atoms with Gasteiger partial charge in [0.25, 0.3) is 0 Å². The largest absolute Gasteiger partial charge is 0.354 e. The van der Waals surface area contributed by atoms with E-state index in [0.717, 1.165) is 18.0 Å². The van der Waals surface area contributed by atoms with E-state index in [9.17, 15) is 9.59 Å². The molecule has 1 aromatic carbocycles. The molecule has 0 bridgehead atoms. The Morgan fingerprint density at radius 3 is 2.70 bits per heavy atom. The highest BCUT2D eigenvalue weighted by Gasteiger charge is 2.20. The number of hydrogen-bond donors (Lipinski definition) is 3. The van der Waals surface area contributed by atoms with Crippen LogP contribution in [0.3, 0.4) is 0 Å². The first-order valence-corrected chi connectivity index (χ1v) is 7.96. The highest BCUT2D eigenvalue weighted by atomic mass is 35.5. The van der Waals surface area contributed by atoms with E-state index < -0.39 is 0 Å². The zero-order valence-corrected chi connectivity index (χ0v) is 14.7. The fraction of sp³-hybridized carbons (Fsp3) is 0.500. The summed E-state index contributed by atoms with van der Waals surface area (Å²) < 4.78 is 0. The normalized spacial score (nSPS) is 13.1. The van der Waals surface area contributed by atoms with Crippen molar-refractivity contribution in [2.45, 2.75) is 26.2 Å². The van der Waals surface area contributed by atoms with Crippen LogP contribution >= 0.6 is 24.0 Å². The van der Waals surface area contributed by atoms with Crippen LogP contribution in [0.25, 0.3) is 0 Å². The second-order valence-corrected chi connectivity index (χ2v) is 6.04. The first-order valence-electron chi connectivity index (χ1n) is 7.58. The van der Waals surface area contributed by atoms with Crippen LogP contribution in [0, 0.1) is 12.8 Å². The predicted octanol–water partition coefficient (Wildman–Crippen LogP) is 2.51. The number of nitrogens with one attached hydrogen (secondary N) is 3. The van der Waals surface area contributed by atoms with Gasteiger partial charge in [0.2, 0.25) is 11.8 Å². The van der Waals surface area contributed by atoms with Crippen LogP contribution in [0.1, 0.15) is 24.8 Å². The van der Waals surface area contributed by atoms with Crippen molar-refractivity contribution in [3.05, 3.63) is 28.8 Å². The molecule has 23 heavy (non-hydrogen) atoms. The van der Waals surface area contributed by atoms with Crippen molar-refractivity contribution in [2.24, 2.45) is 5.92 Å². The van der Waals surface area contributed by atoms with Gasteiger partial charge in [-0.05, 0) is 49.9 Å². The monoisotopic (exact) mass is 359 g/mol. The summed E-state index contributed by atoms with van der Waals surface area (Å²) in [5.41, 5.74) is 1.54. The molecular formula is C16H23Cl2N3O2. The number of carbonyl (C=O) groups is 2. The molecule has 128 valence electrons. The molecule has 0 aliphatic heterocycles. The molecule has 0 heterocycles. The maximum Gasteiger partial charge on any atom is 0.233 e. The molecule has 1 aromatic rings. The molecule has 5 nitrogen and oxygen atoms in total. The van der Waals surface area contributed by atoms with Gasteiger partial charge < -0.3 is 16.0 Å². The van der Waals surface area contributed by atoms with Crippen molar-refractivity contribution in [3.63, 3.8) is 0 Å². The van der Waals surface area contributed by atoms with Crippen molar-refractivity contribution in [1.82, 2.24) is 10.6 Å². The maximum atomic E-state index is 11.8. The third kappa shape index (κ3) is 7.20. The number of halogens is 2. The number of anilines is 1. The minimum absolute atomic E-state index is 0. The van der Waals surface area contributed by atoms with Gasteiger partial charge in [-0.15, -0.1) is 12.4 Å². The van der Waals surface area contributed by atoms with Crippen LogP contribution in [-0.2, 0) is 9.59 Å². The molecule has 2 rings (SSSR count). The van der Waals surface area contributed by atoms with Gasteiger partial charge in [0.15, 0.2) is 0 Å². The lowest BCUT2D eigenvalue weighted by atomic mass is 10.2. The Morgan fingerprint density at radius 1 is 1.26 bits per heavy atom. The molecule has 1 fully saturated rings. The Morgan fingerprint density at radius 2 is 2.00 bits per heavy atom. The molecule has 0 radical (unpaired) electrons. The molecule has 0 spiro atoms. The number of carbonyl (C=O) groups excluding carboxylic acids is 2. The van der Waals surface area contributed by atoms with Gasteiger partial charge in [0.05, 0.1) is 6.54 Å². The quantitative estimate of drug-likeness (QED) is 0.667. The van der Waals surface area contributed by atoms with E-state index >= 15 is 0 Å². The highest BCUT2D eigenvalue weighted by Crippen LogP contribution is 2.27. The van der Waals surface area contributed by atoms with Crippen LogP contribution in [0.15, 0.2) is 18.2 Å². The van der Waals surface area contributed by atoms with Crippen LogP contribution in [-0.4, -0.2) is 31.4 Å². The summed E-state index contributed by atoms with van der Waals surface area (Å²) in [5, 5.41) is 9.26. The van der Waals surface area contributed by atoms with Crippen molar-refractivity contribution in [3.8, 4) is 0 Å². The van der Waals surface area contributed by atoms with Gasteiger partial charge >= 0.3 is 0 Å². The first kappa shape index (κ1) is 19.7.